The Kier molecular flexibility index (Phi) is 8.54. The van der Waals surface area contributed by atoms with E-state index in [0.29, 0.717) is 24.8 Å². The molecule has 1 saturated carbocycles. The molecule has 0 aromatic heterocycles. The molecular formula is C26H36N4O2. The summed E-state index contributed by atoms with van der Waals surface area (Å²) in [4.78, 5) is 18.3. The van der Waals surface area contributed by atoms with Gasteiger partial charge in [0.25, 0.3) is 5.91 Å². The minimum absolute atomic E-state index is 0.00350. The van der Waals surface area contributed by atoms with Gasteiger partial charge in [0.15, 0.2) is 5.96 Å². The minimum atomic E-state index is 0.00350. The summed E-state index contributed by atoms with van der Waals surface area (Å²) in [6.07, 6.45) is 5.13. The SMILES string of the molecule is CCNC(=NCc1ccc(C(=O)N(C)C)cc1)NCc1ccc(C)cc1OC1CCCC1. The molecular weight excluding hydrogens is 400 g/mol. The summed E-state index contributed by atoms with van der Waals surface area (Å²) in [7, 11) is 3.51. The van der Waals surface area contributed by atoms with E-state index in [1.807, 2.05) is 24.3 Å². The van der Waals surface area contributed by atoms with Gasteiger partial charge in [-0.15, -0.1) is 0 Å². The molecule has 0 heterocycles. The van der Waals surface area contributed by atoms with Crippen molar-refractivity contribution in [1.29, 1.82) is 0 Å². The first kappa shape index (κ1) is 23.6. The highest BCUT2D eigenvalue weighted by Gasteiger charge is 2.18. The molecule has 0 saturated heterocycles. The summed E-state index contributed by atoms with van der Waals surface area (Å²) >= 11 is 0. The third kappa shape index (κ3) is 6.74. The van der Waals surface area contributed by atoms with Crippen LogP contribution in [0.4, 0.5) is 0 Å². The minimum Gasteiger partial charge on any atom is -0.490 e. The monoisotopic (exact) mass is 436 g/mol. The first-order valence-electron chi connectivity index (χ1n) is 11.5. The van der Waals surface area contributed by atoms with Gasteiger partial charge in [-0.25, -0.2) is 4.99 Å². The third-order valence-corrected chi connectivity index (χ3v) is 5.64. The number of nitrogens with one attached hydrogen (secondary N) is 2. The number of guanidine groups is 1. The van der Waals surface area contributed by atoms with Gasteiger partial charge in [0, 0.05) is 38.3 Å². The van der Waals surface area contributed by atoms with E-state index >= 15 is 0 Å². The number of hydrogen-bond donors (Lipinski definition) is 2. The van der Waals surface area contributed by atoms with Crippen LogP contribution in [0.5, 0.6) is 5.75 Å². The van der Waals surface area contributed by atoms with Crippen molar-refractivity contribution in [2.75, 3.05) is 20.6 Å². The summed E-state index contributed by atoms with van der Waals surface area (Å²) in [6, 6.07) is 14.0. The number of aliphatic imine (C=N–C) groups is 1. The summed E-state index contributed by atoms with van der Waals surface area (Å²) < 4.78 is 6.32. The number of aryl methyl sites for hydroxylation is 1. The van der Waals surface area contributed by atoms with Gasteiger partial charge in [-0.3, -0.25) is 4.79 Å². The number of rotatable bonds is 8. The molecule has 1 aliphatic rings. The first-order chi connectivity index (χ1) is 15.5. The molecule has 172 valence electrons. The lowest BCUT2D eigenvalue weighted by atomic mass is 10.1. The lowest BCUT2D eigenvalue weighted by Crippen LogP contribution is -2.37. The van der Waals surface area contributed by atoms with Gasteiger partial charge >= 0.3 is 0 Å². The molecule has 0 aliphatic heterocycles. The number of benzene rings is 2. The molecule has 0 spiro atoms. The average molecular weight is 437 g/mol. The number of nitrogens with zero attached hydrogens (tertiary/aromatic N) is 2. The molecule has 1 amide bonds. The van der Waals surface area contributed by atoms with Crippen molar-refractivity contribution in [3.05, 3.63) is 64.7 Å². The third-order valence-electron chi connectivity index (χ3n) is 5.64. The zero-order valence-electron chi connectivity index (χ0n) is 19.8. The van der Waals surface area contributed by atoms with Crippen molar-refractivity contribution in [1.82, 2.24) is 15.5 Å². The largest absolute Gasteiger partial charge is 0.490 e. The van der Waals surface area contributed by atoms with Crippen LogP contribution in [-0.4, -0.2) is 43.5 Å². The standard InChI is InChI=1S/C26H36N4O2/c1-5-27-26(28-17-20-11-14-21(15-12-20)25(31)30(3)4)29-18-22-13-10-19(2)16-24(22)32-23-8-6-7-9-23/h10-16,23H,5-9,17-18H2,1-4H3,(H2,27,28,29). The summed E-state index contributed by atoms with van der Waals surface area (Å²) in [5, 5.41) is 6.74. The predicted octanol–water partition coefficient (Wildman–Crippen LogP) is 4.27. The van der Waals surface area contributed by atoms with Crippen LogP contribution in [0.2, 0.25) is 0 Å². The fourth-order valence-corrected chi connectivity index (χ4v) is 3.81. The second kappa shape index (κ2) is 11.6. The van der Waals surface area contributed by atoms with Gasteiger partial charge in [-0.1, -0.05) is 24.3 Å². The lowest BCUT2D eigenvalue weighted by molar-refractivity contribution is 0.0827. The smallest absolute Gasteiger partial charge is 0.253 e. The molecule has 6 heteroatoms. The Morgan fingerprint density at radius 1 is 1.09 bits per heavy atom. The zero-order chi connectivity index (χ0) is 22.9. The average Bonchev–Trinajstić information content (AvgIpc) is 3.29. The molecule has 0 atom stereocenters. The van der Waals surface area contributed by atoms with Crippen molar-refractivity contribution in [3.63, 3.8) is 0 Å². The molecule has 32 heavy (non-hydrogen) atoms. The van der Waals surface area contributed by atoms with E-state index in [9.17, 15) is 4.79 Å². The maximum Gasteiger partial charge on any atom is 0.253 e. The van der Waals surface area contributed by atoms with E-state index in [1.54, 1.807) is 19.0 Å². The maximum atomic E-state index is 12.1. The van der Waals surface area contributed by atoms with Crippen molar-refractivity contribution in [3.8, 4) is 5.75 Å². The van der Waals surface area contributed by atoms with Crippen LogP contribution in [0.1, 0.15) is 59.7 Å². The van der Waals surface area contributed by atoms with Crippen LogP contribution < -0.4 is 15.4 Å². The fourth-order valence-electron chi connectivity index (χ4n) is 3.81. The highest BCUT2D eigenvalue weighted by Crippen LogP contribution is 2.27. The zero-order valence-corrected chi connectivity index (χ0v) is 19.8. The Morgan fingerprint density at radius 3 is 2.47 bits per heavy atom. The molecule has 1 aliphatic carbocycles. The van der Waals surface area contributed by atoms with Crippen molar-refractivity contribution < 1.29 is 9.53 Å². The van der Waals surface area contributed by atoms with Crippen LogP contribution in [-0.2, 0) is 13.1 Å². The van der Waals surface area contributed by atoms with Crippen LogP contribution >= 0.6 is 0 Å². The van der Waals surface area contributed by atoms with Crippen LogP contribution in [0.3, 0.4) is 0 Å². The van der Waals surface area contributed by atoms with Gasteiger partial charge in [-0.05, 0) is 68.9 Å². The number of amides is 1. The number of ether oxygens (including phenoxy) is 1. The molecule has 2 N–H and O–H groups in total. The topological polar surface area (TPSA) is 66.0 Å². The maximum absolute atomic E-state index is 12.1. The van der Waals surface area contributed by atoms with Gasteiger partial charge in [0.2, 0.25) is 0 Å². The molecule has 2 aromatic rings. The molecule has 6 nitrogen and oxygen atoms in total. The summed E-state index contributed by atoms with van der Waals surface area (Å²) in [5.41, 5.74) is 4.08. The second-order valence-electron chi connectivity index (χ2n) is 8.58. The summed E-state index contributed by atoms with van der Waals surface area (Å²) in [5.74, 6) is 1.73. The van der Waals surface area contributed by atoms with E-state index in [4.69, 9.17) is 9.73 Å². The van der Waals surface area contributed by atoms with Crippen molar-refractivity contribution in [2.24, 2.45) is 4.99 Å². The molecule has 1 fully saturated rings. The van der Waals surface area contributed by atoms with Crippen molar-refractivity contribution >= 4 is 11.9 Å². The van der Waals surface area contributed by atoms with Crippen LogP contribution in [0.15, 0.2) is 47.5 Å². The van der Waals surface area contributed by atoms with Crippen molar-refractivity contribution in [2.45, 2.75) is 58.7 Å². The summed E-state index contributed by atoms with van der Waals surface area (Å²) in [6.45, 7) is 6.11. The Bertz CT molecular complexity index is 916. The number of hydrogen-bond acceptors (Lipinski definition) is 3. The molecule has 3 rings (SSSR count). The fraction of sp³-hybridized carbons (Fsp3) is 0.462. The normalized spacial score (nSPS) is 14.3. The first-order valence-corrected chi connectivity index (χ1v) is 11.5. The van der Waals surface area contributed by atoms with Crippen LogP contribution in [0, 0.1) is 6.92 Å². The Labute approximate surface area is 192 Å². The second-order valence-corrected chi connectivity index (χ2v) is 8.58. The highest BCUT2D eigenvalue weighted by molar-refractivity contribution is 5.93. The van der Waals surface area contributed by atoms with Crippen LogP contribution in [0.25, 0.3) is 0 Å². The van der Waals surface area contributed by atoms with E-state index in [0.717, 1.165) is 42.2 Å². The van der Waals surface area contributed by atoms with E-state index in [2.05, 4.69) is 42.7 Å². The predicted molar refractivity (Wildman–Crippen MR) is 130 cm³/mol. The van der Waals surface area contributed by atoms with Gasteiger partial charge < -0.3 is 20.3 Å². The molecule has 0 unspecified atom stereocenters. The van der Waals surface area contributed by atoms with Gasteiger partial charge in [0.05, 0.1) is 12.6 Å². The Hall–Kier alpha value is -3.02. The van der Waals surface area contributed by atoms with Gasteiger partial charge in [0.1, 0.15) is 5.75 Å². The van der Waals surface area contributed by atoms with E-state index < -0.39 is 0 Å². The van der Waals surface area contributed by atoms with Gasteiger partial charge in [-0.2, -0.15) is 0 Å². The Balaban J connectivity index is 1.64. The Morgan fingerprint density at radius 2 is 1.81 bits per heavy atom. The molecule has 2 aromatic carbocycles. The quantitative estimate of drug-likeness (QED) is 0.479. The lowest BCUT2D eigenvalue weighted by Gasteiger charge is -2.18. The van der Waals surface area contributed by atoms with E-state index in [-0.39, 0.29) is 5.91 Å². The highest BCUT2D eigenvalue weighted by atomic mass is 16.5. The number of carbonyl (C=O) groups excluding carboxylic acids is 1. The number of carbonyl (C=O) groups is 1. The molecule has 0 bridgehead atoms. The van der Waals surface area contributed by atoms with E-state index in [1.165, 1.54) is 18.4 Å². The molecule has 0 radical (unpaired) electrons.